The molecule has 12 heteroatoms. The van der Waals surface area contributed by atoms with E-state index < -0.39 is 0 Å². The van der Waals surface area contributed by atoms with Crippen LogP contribution >= 0.6 is 0 Å². The molecule has 14 N–H and O–H groups in total. The van der Waals surface area contributed by atoms with Gasteiger partial charge in [0.15, 0.2) is 0 Å². The van der Waals surface area contributed by atoms with Crippen molar-refractivity contribution in [3.8, 4) is 0 Å². The number of rotatable bonds is 26. The van der Waals surface area contributed by atoms with E-state index in [1.54, 1.807) is 0 Å². The molecule has 12 nitrogen and oxygen atoms in total. The molecular formula is C21H56N12. The fourth-order valence-corrected chi connectivity index (χ4v) is 3.66. The van der Waals surface area contributed by atoms with Crippen molar-refractivity contribution in [2.24, 2.45) is 34.4 Å². The summed E-state index contributed by atoms with van der Waals surface area (Å²) in [4.78, 5) is 9.40. The summed E-state index contributed by atoms with van der Waals surface area (Å²) in [7, 11) is 0. The first-order chi connectivity index (χ1) is 16.1. The van der Waals surface area contributed by atoms with E-state index in [0.29, 0.717) is 39.4 Å². The lowest BCUT2D eigenvalue weighted by atomic mass is 10.3. The Balaban J connectivity index is 4.28. The Bertz CT molecular complexity index is 384. The average molecular weight is 477 g/mol. The Morgan fingerprint density at radius 1 is 0.333 bits per heavy atom. The maximum atomic E-state index is 5.93. The molecule has 0 unspecified atom stereocenters. The fourth-order valence-electron chi connectivity index (χ4n) is 3.66. The third kappa shape index (κ3) is 19.5. The van der Waals surface area contributed by atoms with E-state index >= 15 is 0 Å². The zero-order chi connectivity index (χ0) is 24.6. The van der Waals surface area contributed by atoms with Gasteiger partial charge in [-0.25, -0.2) is 0 Å². The van der Waals surface area contributed by atoms with Gasteiger partial charge in [0.1, 0.15) is 0 Å². The Morgan fingerprint density at radius 2 is 0.667 bits per heavy atom. The highest BCUT2D eigenvalue weighted by Gasteiger charge is 2.11. The van der Waals surface area contributed by atoms with E-state index in [4.69, 9.17) is 34.4 Å². The molecule has 0 aromatic rings. The number of nitrogens with two attached hydrogens (primary N) is 6. The van der Waals surface area contributed by atoms with Crippen LogP contribution in [0.5, 0.6) is 0 Å². The number of hydrogen-bond donors (Lipinski definition) is 8. The van der Waals surface area contributed by atoms with E-state index in [-0.39, 0.29) is 0 Å². The van der Waals surface area contributed by atoms with E-state index in [2.05, 4.69) is 30.2 Å². The minimum absolute atomic E-state index is 0.555. The van der Waals surface area contributed by atoms with Crippen molar-refractivity contribution in [3.05, 3.63) is 0 Å². The topological polar surface area (TPSA) is 193 Å². The Hall–Kier alpha value is -0.480. The quantitative estimate of drug-likeness (QED) is 0.0438. The number of nitrogens with zero attached hydrogens (tertiary/aromatic N) is 4. The smallest absolute Gasteiger partial charge is 0.0456 e. The van der Waals surface area contributed by atoms with E-state index in [9.17, 15) is 0 Å². The van der Waals surface area contributed by atoms with Crippen LogP contribution in [0.1, 0.15) is 0 Å². The summed E-state index contributed by atoms with van der Waals surface area (Å²) < 4.78 is 0. The highest BCUT2D eigenvalue weighted by Crippen LogP contribution is 1.95. The molecule has 0 spiro atoms. The predicted molar refractivity (Wildman–Crippen MR) is 141 cm³/mol. The van der Waals surface area contributed by atoms with Crippen LogP contribution in [0.25, 0.3) is 0 Å². The average Bonchev–Trinajstić information content (AvgIpc) is 2.81. The van der Waals surface area contributed by atoms with Crippen molar-refractivity contribution in [1.29, 1.82) is 0 Å². The van der Waals surface area contributed by atoms with Crippen molar-refractivity contribution in [3.63, 3.8) is 0 Å². The molecule has 0 aliphatic carbocycles. The lowest BCUT2D eigenvalue weighted by molar-refractivity contribution is 0.180. The summed E-state index contributed by atoms with van der Waals surface area (Å²) >= 11 is 0. The normalized spacial score (nSPS) is 12.2. The van der Waals surface area contributed by atoms with Gasteiger partial charge in [-0.2, -0.15) is 0 Å². The first-order valence-corrected chi connectivity index (χ1v) is 12.7. The standard InChI is InChI=1S/C21H56N12/c22-1-6-28-9-16-33(21-27)20-19-32(13-5-26)18-17-31(12-4-25)15-8-29-7-14-30(10-2-23)11-3-24/h28-29H,1-27H2. The Labute approximate surface area is 202 Å². The molecule has 0 atom stereocenters. The predicted octanol–water partition coefficient (Wildman–Crippen LogP) is -4.92. The second kappa shape index (κ2) is 24.6. The summed E-state index contributed by atoms with van der Waals surface area (Å²) in [6.07, 6.45) is 0. The molecule has 0 amide bonds. The molecule has 0 aromatic carbocycles. The highest BCUT2D eigenvalue weighted by molar-refractivity contribution is 4.69. The van der Waals surface area contributed by atoms with Gasteiger partial charge in [-0.1, -0.05) is 0 Å². The van der Waals surface area contributed by atoms with Crippen LogP contribution in [-0.4, -0.2) is 157 Å². The first kappa shape index (κ1) is 32.5. The maximum absolute atomic E-state index is 5.93. The van der Waals surface area contributed by atoms with Crippen LogP contribution in [0.15, 0.2) is 0 Å². The minimum atomic E-state index is 0.555. The second-order valence-electron chi connectivity index (χ2n) is 8.27. The Kier molecular flexibility index (Phi) is 24.3. The molecule has 200 valence electrons. The third-order valence-corrected chi connectivity index (χ3v) is 5.64. The monoisotopic (exact) mass is 476 g/mol. The van der Waals surface area contributed by atoms with Crippen molar-refractivity contribution in [2.75, 3.05) is 138 Å². The van der Waals surface area contributed by atoms with Crippen LogP contribution in [-0.2, 0) is 0 Å². The minimum Gasteiger partial charge on any atom is -0.329 e. The molecule has 0 bridgehead atoms. The lowest BCUT2D eigenvalue weighted by Crippen LogP contribution is -2.46. The number of hydrogen-bond acceptors (Lipinski definition) is 12. The second-order valence-corrected chi connectivity index (χ2v) is 8.27. The molecule has 0 rings (SSSR count). The first-order valence-electron chi connectivity index (χ1n) is 12.7. The molecule has 0 fully saturated rings. The molecule has 0 saturated carbocycles. The summed E-state index contributed by atoms with van der Waals surface area (Å²) in [5.74, 6) is 0. The van der Waals surface area contributed by atoms with Gasteiger partial charge in [-0.15, -0.1) is 0 Å². The van der Waals surface area contributed by atoms with Gasteiger partial charge in [0.05, 0.1) is 0 Å². The van der Waals surface area contributed by atoms with Crippen molar-refractivity contribution in [2.45, 2.75) is 0 Å². The van der Waals surface area contributed by atoms with Crippen LogP contribution in [0, 0.1) is 0 Å². The Morgan fingerprint density at radius 3 is 1.06 bits per heavy atom. The molecule has 33 heavy (non-hydrogen) atoms. The van der Waals surface area contributed by atoms with E-state index in [1.807, 2.05) is 0 Å². The molecule has 0 radical (unpaired) electrons. The van der Waals surface area contributed by atoms with Crippen LogP contribution in [0.2, 0.25) is 0 Å². The van der Waals surface area contributed by atoms with Crippen LogP contribution < -0.4 is 45.0 Å². The van der Waals surface area contributed by atoms with E-state index in [0.717, 1.165) is 98.2 Å². The van der Waals surface area contributed by atoms with Gasteiger partial charge in [-0.05, 0) is 0 Å². The summed E-state index contributed by atoms with van der Waals surface area (Å²) in [6, 6.07) is 0. The SMILES string of the molecule is NCCNCCN(CN)CCN(CCN)CCN(CCN)CCNCCN(CCN)CCN. The van der Waals surface area contributed by atoms with Gasteiger partial charge in [0, 0.05) is 138 Å². The molecular weight excluding hydrogens is 420 g/mol. The van der Waals surface area contributed by atoms with Gasteiger partial charge in [0.25, 0.3) is 0 Å². The molecule has 0 saturated heterocycles. The molecule has 0 heterocycles. The van der Waals surface area contributed by atoms with Crippen LogP contribution in [0.3, 0.4) is 0 Å². The van der Waals surface area contributed by atoms with Crippen molar-refractivity contribution < 1.29 is 0 Å². The number of nitrogens with one attached hydrogen (secondary N) is 2. The molecule has 0 aromatic heterocycles. The summed E-state index contributed by atoms with van der Waals surface area (Å²) in [5.41, 5.74) is 34.5. The van der Waals surface area contributed by atoms with Crippen molar-refractivity contribution >= 4 is 0 Å². The van der Waals surface area contributed by atoms with Crippen LogP contribution in [0.4, 0.5) is 0 Å². The van der Waals surface area contributed by atoms with Crippen molar-refractivity contribution in [1.82, 2.24) is 30.2 Å². The zero-order valence-corrected chi connectivity index (χ0v) is 21.1. The maximum Gasteiger partial charge on any atom is 0.0456 e. The third-order valence-electron chi connectivity index (χ3n) is 5.64. The van der Waals surface area contributed by atoms with Gasteiger partial charge in [0.2, 0.25) is 0 Å². The summed E-state index contributed by atoms with van der Waals surface area (Å²) in [5, 5.41) is 6.86. The lowest BCUT2D eigenvalue weighted by Gasteiger charge is -2.29. The van der Waals surface area contributed by atoms with Gasteiger partial charge in [-0.3, -0.25) is 19.6 Å². The fraction of sp³-hybridized carbons (Fsp3) is 1.00. The summed E-state index contributed by atoms with van der Waals surface area (Å²) in [6.45, 7) is 17.7. The van der Waals surface area contributed by atoms with Gasteiger partial charge < -0.3 is 45.0 Å². The zero-order valence-electron chi connectivity index (χ0n) is 21.1. The molecule has 0 aliphatic rings. The van der Waals surface area contributed by atoms with E-state index in [1.165, 1.54) is 0 Å². The highest BCUT2D eigenvalue weighted by atomic mass is 15.2. The molecule has 0 aliphatic heterocycles. The largest absolute Gasteiger partial charge is 0.329 e. The van der Waals surface area contributed by atoms with Gasteiger partial charge >= 0.3 is 0 Å².